The van der Waals surface area contributed by atoms with Crippen molar-refractivity contribution in [3.8, 4) is 0 Å². The van der Waals surface area contributed by atoms with Gasteiger partial charge in [-0.2, -0.15) is 0 Å². The predicted molar refractivity (Wildman–Crippen MR) is 66.5 cm³/mol. The summed E-state index contributed by atoms with van der Waals surface area (Å²) in [7, 11) is 0. The van der Waals surface area contributed by atoms with Crippen molar-refractivity contribution in [2.24, 2.45) is 0 Å². The average molecular weight is 192 g/mol. The fraction of sp³-hybridized carbons (Fsp3) is 0.571. The summed E-state index contributed by atoms with van der Waals surface area (Å²) in [6.07, 6.45) is 13.4. The van der Waals surface area contributed by atoms with Crippen LogP contribution in [0.5, 0.6) is 0 Å². The highest BCUT2D eigenvalue weighted by Gasteiger charge is 1.93. The molecule has 0 nitrogen and oxygen atoms in total. The smallest absolute Gasteiger partial charge is 0.0318 e. The minimum absolute atomic E-state index is 1.19. The molecule has 0 heteroatoms. The Bertz CT molecular complexity index is 216. The summed E-state index contributed by atoms with van der Waals surface area (Å²) in [5.74, 6) is 0. The molecule has 0 aliphatic heterocycles. The third kappa shape index (κ3) is 6.71. The maximum absolute atomic E-state index is 2.26. The fourth-order valence-corrected chi connectivity index (χ4v) is 1.29. The molecule has 0 aliphatic carbocycles. The molecule has 0 aliphatic rings. The molecule has 0 heterocycles. The second kappa shape index (κ2) is 8.80. The normalized spacial score (nSPS) is 14.0. The van der Waals surface area contributed by atoms with Crippen molar-refractivity contribution in [1.82, 2.24) is 0 Å². The Morgan fingerprint density at radius 3 is 2.36 bits per heavy atom. The topological polar surface area (TPSA) is 0 Å². The molecule has 0 N–H and O–H groups in total. The molecule has 80 valence electrons. The van der Waals surface area contributed by atoms with E-state index in [2.05, 4.69) is 45.1 Å². The zero-order valence-electron chi connectivity index (χ0n) is 10.1. The second-order valence-electron chi connectivity index (χ2n) is 3.76. The lowest BCUT2D eigenvalue weighted by Crippen LogP contribution is -1.83. The Hall–Kier alpha value is -0.780. The van der Waals surface area contributed by atoms with Crippen LogP contribution in [-0.4, -0.2) is 0 Å². The van der Waals surface area contributed by atoms with E-state index in [0.29, 0.717) is 0 Å². The molecule has 14 heavy (non-hydrogen) atoms. The molecule has 0 unspecified atom stereocenters. The molecule has 0 saturated carbocycles. The van der Waals surface area contributed by atoms with Gasteiger partial charge in [-0.25, -0.2) is 0 Å². The van der Waals surface area contributed by atoms with Gasteiger partial charge in [-0.05, 0) is 46.5 Å². The monoisotopic (exact) mass is 192 g/mol. The minimum atomic E-state index is 1.19. The SMILES string of the molecule is CC=CC=CCCCC(C)=C(C)CC. The second-order valence-corrected chi connectivity index (χ2v) is 3.76. The number of hydrogen-bond acceptors (Lipinski definition) is 0. The van der Waals surface area contributed by atoms with Crippen LogP contribution in [0.25, 0.3) is 0 Å². The first kappa shape index (κ1) is 13.2. The summed E-state index contributed by atoms with van der Waals surface area (Å²) in [5, 5.41) is 0. The van der Waals surface area contributed by atoms with E-state index in [1.54, 1.807) is 11.1 Å². The van der Waals surface area contributed by atoms with Crippen LogP contribution in [0.15, 0.2) is 35.5 Å². The van der Waals surface area contributed by atoms with Gasteiger partial charge in [0.05, 0.1) is 0 Å². The molecule has 0 radical (unpaired) electrons. The van der Waals surface area contributed by atoms with Crippen molar-refractivity contribution >= 4 is 0 Å². The first-order chi connectivity index (χ1) is 6.72. The van der Waals surface area contributed by atoms with Crippen LogP contribution < -0.4 is 0 Å². The van der Waals surface area contributed by atoms with E-state index in [-0.39, 0.29) is 0 Å². The van der Waals surface area contributed by atoms with Crippen molar-refractivity contribution in [2.45, 2.75) is 53.4 Å². The molecule has 0 aromatic heterocycles. The van der Waals surface area contributed by atoms with Gasteiger partial charge in [0.15, 0.2) is 0 Å². The summed E-state index contributed by atoms with van der Waals surface area (Å²) in [4.78, 5) is 0. The largest absolute Gasteiger partial charge is 0.0877 e. The van der Waals surface area contributed by atoms with Crippen LogP contribution in [0.2, 0.25) is 0 Å². The van der Waals surface area contributed by atoms with E-state index < -0.39 is 0 Å². The van der Waals surface area contributed by atoms with Crippen molar-refractivity contribution in [3.63, 3.8) is 0 Å². The summed E-state index contributed by atoms with van der Waals surface area (Å²) >= 11 is 0. The number of rotatable bonds is 6. The number of allylic oxidation sites excluding steroid dienone is 6. The van der Waals surface area contributed by atoms with E-state index >= 15 is 0 Å². The Balaban J connectivity index is 3.64. The lowest BCUT2D eigenvalue weighted by molar-refractivity contribution is 0.815. The zero-order chi connectivity index (χ0) is 10.8. The molecule has 0 atom stereocenters. The molecule has 0 saturated heterocycles. The molecule has 0 rings (SSSR count). The Morgan fingerprint density at radius 1 is 1.07 bits per heavy atom. The van der Waals surface area contributed by atoms with Gasteiger partial charge in [0, 0.05) is 0 Å². The van der Waals surface area contributed by atoms with Crippen molar-refractivity contribution in [1.29, 1.82) is 0 Å². The number of unbranched alkanes of at least 4 members (excludes halogenated alkanes) is 1. The van der Waals surface area contributed by atoms with Gasteiger partial charge in [-0.15, -0.1) is 0 Å². The van der Waals surface area contributed by atoms with Gasteiger partial charge in [0.25, 0.3) is 0 Å². The highest BCUT2D eigenvalue weighted by atomic mass is 14.0. The van der Waals surface area contributed by atoms with Gasteiger partial charge in [-0.3, -0.25) is 0 Å². The Morgan fingerprint density at radius 2 is 1.79 bits per heavy atom. The zero-order valence-corrected chi connectivity index (χ0v) is 10.1. The third-order valence-electron chi connectivity index (χ3n) is 2.62. The quantitative estimate of drug-likeness (QED) is 0.314. The summed E-state index contributed by atoms with van der Waals surface area (Å²) in [6, 6.07) is 0. The van der Waals surface area contributed by atoms with Gasteiger partial charge in [-0.1, -0.05) is 42.4 Å². The molecule has 0 aromatic carbocycles. The molecule has 0 bridgehead atoms. The van der Waals surface area contributed by atoms with Gasteiger partial charge in [0.1, 0.15) is 0 Å². The van der Waals surface area contributed by atoms with Crippen LogP contribution in [0.3, 0.4) is 0 Å². The molecular weight excluding hydrogens is 168 g/mol. The van der Waals surface area contributed by atoms with E-state index in [0.717, 1.165) is 0 Å². The summed E-state index contributed by atoms with van der Waals surface area (Å²) < 4.78 is 0. The van der Waals surface area contributed by atoms with E-state index in [4.69, 9.17) is 0 Å². The molecule has 0 amide bonds. The molecule has 0 spiro atoms. The fourth-order valence-electron chi connectivity index (χ4n) is 1.29. The lowest BCUT2D eigenvalue weighted by Gasteiger charge is -2.03. The average Bonchev–Trinajstić information content (AvgIpc) is 2.21. The number of hydrogen-bond donors (Lipinski definition) is 0. The van der Waals surface area contributed by atoms with Crippen LogP contribution in [0.4, 0.5) is 0 Å². The van der Waals surface area contributed by atoms with Gasteiger partial charge in [0.2, 0.25) is 0 Å². The Kier molecular flexibility index (Phi) is 8.31. The van der Waals surface area contributed by atoms with Crippen LogP contribution in [0, 0.1) is 0 Å². The standard InChI is InChI=1S/C14H24/c1-5-7-8-9-10-11-12-14(4)13(3)6-2/h5,7-9H,6,10-12H2,1-4H3. The van der Waals surface area contributed by atoms with E-state index in [9.17, 15) is 0 Å². The minimum Gasteiger partial charge on any atom is -0.0877 e. The van der Waals surface area contributed by atoms with Crippen molar-refractivity contribution < 1.29 is 0 Å². The Labute approximate surface area is 89.4 Å². The highest BCUT2D eigenvalue weighted by Crippen LogP contribution is 2.14. The van der Waals surface area contributed by atoms with Crippen molar-refractivity contribution in [2.75, 3.05) is 0 Å². The summed E-state index contributed by atoms with van der Waals surface area (Å²) in [6.45, 7) is 8.77. The van der Waals surface area contributed by atoms with E-state index in [1.165, 1.54) is 25.7 Å². The lowest BCUT2D eigenvalue weighted by atomic mass is 10.0. The highest BCUT2D eigenvalue weighted by molar-refractivity contribution is 5.09. The van der Waals surface area contributed by atoms with Crippen LogP contribution >= 0.6 is 0 Å². The molecule has 0 fully saturated rings. The van der Waals surface area contributed by atoms with Crippen molar-refractivity contribution in [3.05, 3.63) is 35.5 Å². The third-order valence-corrected chi connectivity index (χ3v) is 2.62. The maximum atomic E-state index is 2.26. The van der Waals surface area contributed by atoms with Gasteiger partial charge >= 0.3 is 0 Å². The van der Waals surface area contributed by atoms with Crippen LogP contribution in [-0.2, 0) is 0 Å². The van der Waals surface area contributed by atoms with Crippen LogP contribution in [0.1, 0.15) is 53.4 Å². The first-order valence-corrected chi connectivity index (χ1v) is 5.65. The predicted octanol–water partition coefficient (Wildman–Crippen LogP) is 5.04. The maximum Gasteiger partial charge on any atom is -0.0318 e. The van der Waals surface area contributed by atoms with E-state index in [1.807, 2.05) is 6.92 Å². The van der Waals surface area contributed by atoms with Gasteiger partial charge < -0.3 is 0 Å². The molecule has 0 aromatic rings. The first-order valence-electron chi connectivity index (χ1n) is 5.65. The molecular formula is C14H24. The summed E-state index contributed by atoms with van der Waals surface area (Å²) in [5.41, 5.74) is 3.13.